The molecule has 5 nitrogen and oxygen atoms in total. The van der Waals surface area contributed by atoms with E-state index in [1.807, 2.05) is 30.3 Å². The molecule has 0 spiro atoms. The monoisotopic (exact) mass is 260 g/mol. The number of amides is 1. The zero-order valence-corrected chi connectivity index (χ0v) is 10.5. The van der Waals surface area contributed by atoms with E-state index in [-0.39, 0.29) is 5.91 Å². The van der Waals surface area contributed by atoms with Crippen molar-refractivity contribution in [3.05, 3.63) is 42.0 Å². The third-order valence-corrected chi connectivity index (χ3v) is 3.03. The zero-order valence-electron chi connectivity index (χ0n) is 10.5. The molecule has 1 unspecified atom stereocenters. The van der Waals surface area contributed by atoms with E-state index in [1.54, 1.807) is 6.08 Å². The summed E-state index contributed by atoms with van der Waals surface area (Å²) < 4.78 is 0. The van der Waals surface area contributed by atoms with Gasteiger partial charge in [0, 0.05) is 25.7 Å². The molecule has 1 heterocycles. The highest BCUT2D eigenvalue weighted by molar-refractivity contribution is 5.94. The van der Waals surface area contributed by atoms with E-state index >= 15 is 0 Å². The number of rotatable bonds is 3. The Balaban J connectivity index is 2.06. The van der Waals surface area contributed by atoms with Gasteiger partial charge in [-0.05, 0) is 11.6 Å². The standard InChI is InChI=1S/C14H16N2O3/c17-13(7-6-11-4-2-1-3-5-11)16-9-8-15-10-12(16)14(18)19/h1-7,12,15H,8-10H2,(H,18,19). The number of benzene rings is 1. The summed E-state index contributed by atoms with van der Waals surface area (Å²) in [6.07, 6.45) is 3.12. The molecule has 2 N–H and O–H groups in total. The van der Waals surface area contributed by atoms with Crippen LogP contribution in [0.1, 0.15) is 5.56 Å². The third-order valence-electron chi connectivity index (χ3n) is 3.03. The Bertz CT molecular complexity index is 485. The van der Waals surface area contributed by atoms with Crippen LogP contribution >= 0.6 is 0 Å². The number of carbonyl (C=O) groups is 2. The highest BCUT2D eigenvalue weighted by Gasteiger charge is 2.30. The topological polar surface area (TPSA) is 69.6 Å². The lowest BCUT2D eigenvalue weighted by Crippen LogP contribution is -2.56. The Labute approximate surface area is 111 Å². The predicted octanol–water partition coefficient (Wildman–Crippen LogP) is 0.585. The fourth-order valence-electron chi connectivity index (χ4n) is 2.02. The van der Waals surface area contributed by atoms with E-state index in [2.05, 4.69) is 5.32 Å². The van der Waals surface area contributed by atoms with E-state index in [4.69, 9.17) is 5.11 Å². The molecule has 0 saturated carbocycles. The predicted molar refractivity (Wildman–Crippen MR) is 71.5 cm³/mol. The lowest BCUT2D eigenvalue weighted by Gasteiger charge is -2.32. The normalized spacial score (nSPS) is 19.6. The van der Waals surface area contributed by atoms with Crippen molar-refractivity contribution >= 4 is 18.0 Å². The molecule has 1 aromatic rings. The van der Waals surface area contributed by atoms with Crippen LogP contribution in [0.4, 0.5) is 0 Å². The highest BCUT2D eigenvalue weighted by Crippen LogP contribution is 2.07. The first-order valence-corrected chi connectivity index (χ1v) is 6.16. The van der Waals surface area contributed by atoms with Crippen LogP contribution in [-0.2, 0) is 9.59 Å². The van der Waals surface area contributed by atoms with Crippen molar-refractivity contribution in [3.8, 4) is 0 Å². The first-order valence-electron chi connectivity index (χ1n) is 6.16. The maximum absolute atomic E-state index is 12.0. The zero-order chi connectivity index (χ0) is 13.7. The molecule has 1 aliphatic heterocycles. The highest BCUT2D eigenvalue weighted by atomic mass is 16.4. The lowest BCUT2D eigenvalue weighted by atomic mass is 10.1. The van der Waals surface area contributed by atoms with Gasteiger partial charge >= 0.3 is 5.97 Å². The van der Waals surface area contributed by atoms with Gasteiger partial charge in [-0.15, -0.1) is 0 Å². The molecule has 19 heavy (non-hydrogen) atoms. The van der Waals surface area contributed by atoms with Crippen LogP contribution in [0.3, 0.4) is 0 Å². The molecule has 0 bridgehead atoms. The van der Waals surface area contributed by atoms with Crippen LogP contribution in [0.5, 0.6) is 0 Å². The van der Waals surface area contributed by atoms with Gasteiger partial charge in [-0.3, -0.25) is 4.79 Å². The van der Waals surface area contributed by atoms with Crippen molar-refractivity contribution in [2.75, 3.05) is 19.6 Å². The fraction of sp³-hybridized carbons (Fsp3) is 0.286. The first-order chi connectivity index (χ1) is 9.18. The van der Waals surface area contributed by atoms with Gasteiger partial charge in [0.15, 0.2) is 0 Å². The van der Waals surface area contributed by atoms with Crippen molar-refractivity contribution in [2.45, 2.75) is 6.04 Å². The molecule has 0 radical (unpaired) electrons. The van der Waals surface area contributed by atoms with Crippen molar-refractivity contribution in [1.29, 1.82) is 0 Å². The van der Waals surface area contributed by atoms with Crippen molar-refractivity contribution < 1.29 is 14.7 Å². The Morgan fingerprint density at radius 2 is 2.05 bits per heavy atom. The number of nitrogens with one attached hydrogen (secondary N) is 1. The molecule has 0 aliphatic carbocycles. The number of aliphatic carboxylic acids is 1. The summed E-state index contributed by atoms with van der Waals surface area (Å²) in [4.78, 5) is 24.5. The average Bonchev–Trinajstić information content (AvgIpc) is 2.46. The number of piperazine rings is 1. The number of carbonyl (C=O) groups excluding carboxylic acids is 1. The minimum Gasteiger partial charge on any atom is -0.480 e. The van der Waals surface area contributed by atoms with Gasteiger partial charge in [-0.2, -0.15) is 0 Å². The molecule has 100 valence electrons. The van der Waals surface area contributed by atoms with Crippen molar-refractivity contribution in [2.24, 2.45) is 0 Å². The molecule has 1 aliphatic rings. The maximum atomic E-state index is 12.0. The second-order valence-corrected chi connectivity index (χ2v) is 4.33. The lowest BCUT2D eigenvalue weighted by molar-refractivity contribution is -0.149. The van der Waals surface area contributed by atoms with Gasteiger partial charge in [-0.25, -0.2) is 4.79 Å². The number of hydrogen-bond donors (Lipinski definition) is 2. The molecule has 1 atom stereocenters. The van der Waals surface area contributed by atoms with E-state index in [0.717, 1.165) is 5.56 Å². The average molecular weight is 260 g/mol. The van der Waals surface area contributed by atoms with E-state index in [1.165, 1.54) is 11.0 Å². The molecular weight excluding hydrogens is 244 g/mol. The molecule has 2 rings (SSSR count). The molecule has 1 amide bonds. The Morgan fingerprint density at radius 3 is 2.74 bits per heavy atom. The Kier molecular flexibility index (Phi) is 4.30. The summed E-state index contributed by atoms with van der Waals surface area (Å²) in [6.45, 7) is 1.32. The van der Waals surface area contributed by atoms with Crippen LogP contribution in [0.25, 0.3) is 6.08 Å². The second-order valence-electron chi connectivity index (χ2n) is 4.33. The summed E-state index contributed by atoms with van der Waals surface area (Å²) >= 11 is 0. The fourth-order valence-corrected chi connectivity index (χ4v) is 2.02. The van der Waals surface area contributed by atoms with Crippen molar-refractivity contribution in [1.82, 2.24) is 10.2 Å². The van der Waals surface area contributed by atoms with E-state index < -0.39 is 12.0 Å². The minimum atomic E-state index is -0.978. The maximum Gasteiger partial charge on any atom is 0.327 e. The van der Waals surface area contributed by atoms with Gasteiger partial charge in [-0.1, -0.05) is 30.3 Å². The van der Waals surface area contributed by atoms with Crippen LogP contribution in [0.2, 0.25) is 0 Å². The smallest absolute Gasteiger partial charge is 0.327 e. The van der Waals surface area contributed by atoms with E-state index in [0.29, 0.717) is 19.6 Å². The molecule has 0 aromatic heterocycles. The van der Waals surface area contributed by atoms with Gasteiger partial charge < -0.3 is 15.3 Å². The molecule has 1 aromatic carbocycles. The number of carboxylic acid groups (broad SMARTS) is 1. The van der Waals surface area contributed by atoms with Gasteiger partial charge in [0.2, 0.25) is 5.91 Å². The van der Waals surface area contributed by atoms with Gasteiger partial charge in [0.25, 0.3) is 0 Å². The quantitative estimate of drug-likeness (QED) is 0.780. The summed E-state index contributed by atoms with van der Waals surface area (Å²) in [5.74, 6) is -1.24. The summed E-state index contributed by atoms with van der Waals surface area (Å²) in [7, 11) is 0. The summed E-state index contributed by atoms with van der Waals surface area (Å²) in [5.41, 5.74) is 0.915. The first kappa shape index (κ1) is 13.3. The third kappa shape index (κ3) is 3.42. The van der Waals surface area contributed by atoms with E-state index in [9.17, 15) is 9.59 Å². The molecule has 5 heteroatoms. The molecular formula is C14H16N2O3. The Morgan fingerprint density at radius 1 is 1.32 bits per heavy atom. The minimum absolute atomic E-state index is 0.266. The number of hydrogen-bond acceptors (Lipinski definition) is 3. The largest absolute Gasteiger partial charge is 0.480 e. The summed E-state index contributed by atoms with van der Waals surface area (Å²) in [5, 5.41) is 12.1. The molecule has 1 saturated heterocycles. The second kappa shape index (κ2) is 6.15. The summed E-state index contributed by atoms with van der Waals surface area (Å²) in [6, 6.07) is 8.65. The van der Waals surface area contributed by atoms with Crippen LogP contribution in [-0.4, -0.2) is 47.6 Å². The van der Waals surface area contributed by atoms with Gasteiger partial charge in [0.05, 0.1) is 0 Å². The molecule has 1 fully saturated rings. The van der Waals surface area contributed by atoms with Crippen molar-refractivity contribution in [3.63, 3.8) is 0 Å². The Hall–Kier alpha value is -2.14. The SMILES string of the molecule is O=C(O)C1CNCCN1C(=O)C=Cc1ccccc1. The van der Waals surface area contributed by atoms with Crippen LogP contribution < -0.4 is 5.32 Å². The number of nitrogens with zero attached hydrogens (tertiary/aromatic N) is 1. The van der Waals surface area contributed by atoms with Crippen LogP contribution in [0.15, 0.2) is 36.4 Å². The van der Waals surface area contributed by atoms with Crippen LogP contribution in [0, 0.1) is 0 Å². The number of carboxylic acids is 1. The van der Waals surface area contributed by atoms with Gasteiger partial charge in [0.1, 0.15) is 6.04 Å².